The molecule has 0 fully saturated rings. The molecule has 0 spiro atoms. The highest BCUT2D eigenvalue weighted by Crippen LogP contribution is 2.20. The standard InChI is InChI=1S/C8H6F2O4S/c1-14-8(11)6-3-2-5(9)4-7(6)15(10,12)13/h2-4H,1H3. The van der Waals surface area contributed by atoms with Gasteiger partial charge in [0, 0.05) is 0 Å². The van der Waals surface area contributed by atoms with Crippen LogP contribution in [0.15, 0.2) is 23.1 Å². The van der Waals surface area contributed by atoms with Crippen molar-refractivity contribution in [2.24, 2.45) is 0 Å². The lowest BCUT2D eigenvalue weighted by Gasteiger charge is -2.03. The molecule has 82 valence electrons. The number of halogens is 2. The fraction of sp³-hybridized carbons (Fsp3) is 0.125. The highest BCUT2D eigenvalue weighted by molar-refractivity contribution is 7.86. The molecule has 0 unspecified atom stereocenters. The third kappa shape index (κ3) is 2.50. The number of methoxy groups -OCH3 is 1. The van der Waals surface area contributed by atoms with Crippen molar-refractivity contribution in [3.05, 3.63) is 29.6 Å². The van der Waals surface area contributed by atoms with E-state index in [0.29, 0.717) is 6.07 Å². The Morgan fingerprint density at radius 3 is 2.47 bits per heavy atom. The summed E-state index contributed by atoms with van der Waals surface area (Å²) in [4.78, 5) is 9.98. The van der Waals surface area contributed by atoms with E-state index >= 15 is 0 Å². The van der Waals surface area contributed by atoms with Crippen LogP contribution in [-0.4, -0.2) is 21.5 Å². The number of benzene rings is 1. The summed E-state index contributed by atoms with van der Waals surface area (Å²) >= 11 is 0. The molecule has 0 saturated heterocycles. The molecule has 0 amide bonds. The van der Waals surface area contributed by atoms with Crippen LogP contribution in [0, 0.1) is 5.82 Å². The Kier molecular flexibility index (Phi) is 3.04. The summed E-state index contributed by atoms with van der Waals surface area (Å²) in [6, 6.07) is 2.09. The second-order valence-electron chi connectivity index (χ2n) is 2.57. The average molecular weight is 236 g/mol. The van der Waals surface area contributed by atoms with Crippen LogP contribution < -0.4 is 0 Å². The predicted molar refractivity (Wildman–Crippen MR) is 46.0 cm³/mol. The average Bonchev–Trinajstić information content (AvgIpc) is 2.15. The number of hydrogen-bond donors (Lipinski definition) is 0. The molecule has 0 heterocycles. The van der Waals surface area contributed by atoms with Crippen LogP contribution in [0.25, 0.3) is 0 Å². The molecule has 0 aromatic heterocycles. The van der Waals surface area contributed by atoms with E-state index in [1.54, 1.807) is 0 Å². The van der Waals surface area contributed by atoms with Gasteiger partial charge in [-0.05, 0) is 18.2 Å². The van der Waals surface area contributed by atoms with Gasteiger partial charge >= 0.3 is 16.2 Å². The van der Waals surface area contributed by atoms with Crippen molar-refractivity contribution in [3.8, 4) is 0 Å². The van der Waals surface area contributed by atoms with Crippen LogP contribution in [0.5, 0.6) is 0 Å². The summed E-state index contributed by atoms with van der Waals surface area (Å²) < 4.78 is 50.7. The molecular weight excluding hydrogens is 230 g/mol. The van der Waals surface area contributed by atoms with Crippen LogP contribution in [0.2, 0.25) is 0 Å². The highest BCUT2D eigenvalue weighted by Gasteiger charge is 2.23. The Balaban J connectivity index is 3.47. The van der Waals surface area contributed by atoms with Gasteiger partial charge in [0.1, 0.15) is 10.7 Å². The minimum atomic E-state index is -5.15. The highest BCUT2D eigenvalue weighted by atomic mass is 32.3. The van der Waals surface area contributed by atoms with E-state index < -0.39 is 32.5 Å². The second kappa shape index (κ2) is 3.93. The van der Waals surface area contributed by atoms with Crippen molar-refractivity contribution in [2.75, 3.05) is 7.11 Å². The zero-order chi connectivity index (χ0) is 11.6. The zero-order valence-electron chi connectivity index (χ0n) is 7.53. The van der Waals surface area contributed by atoms with E-state index in [0.717, 1.165) is 19.2 Å². The summed E-state index contributed by atoms with van der Waals surface area (Å²) in [6.45, 7) is 0. The molecule has 0 N–H and O–H groups in total. The summed E-state index contributed by atoms with van der Waals surface area (Å²) in [5.41, 5.74) is -0.540. The number of carbonyl (C=O) groups is 1. The molecule has 0 radical (unpaired) electrons. The van der Waals surface area contributed by atoms with E-state index in [4.69, 9.17) is 0 Å². The molecule has 15 heavy (non-hydrogen) atoms. The first-order chi connectivity index (χ1) is 6.86. The van der Waals surface area contributed by atoms with Crippen LogP contribution in [0.1, 0.15) is 10.4 Å². The van der Waals surface area contributed by atoms with Crippen molar-refractivity contribution in [2.45, 2.75) is 4.90 Å². The third-order valence-electron chi connectivity index (χ3n) is 1.61. The first-order valence-electron chi connectivity index (χ1n) is 3.69. The lowest BCUT2D eigenvalue weighted by molar-refractivity contribution is 0.0596. The molecule has 0 bridgehead atoms. The fourth-order valence-electron chi connectivity index (χ4n) is 0.976. The van der Waals surface area contributed by atoms with Gasteiger partial charge in [0.25, 0.3) is 0 Å². The van der Waals surface area contributed by atoms with Gasteiger partial charge in [-0.1, -0.05) is 0 Å². The Bertz CT molecular complexity index is 495. The topological polar surface area (TPSA) is 60.4 Å². The fourth-order valence-corrected chi connectivity index (χ4v) is 1.64. The normalized spacial score (nSPS) is 11.1. The van der Waals surface area contributed by atoms with Crippen LogP contribution in [0.3, 0.4) is 0 Å². The quantitative estimate of drug-likeness (QED) is 0.573. The molecule has 0 aliphatic carbocycles. The number of esters is 1. The molecule has 1 rings (SSSR count). The largest absolute Gasteiger partial charge is 0.465 e. The van der Waals surface area contributed by atoms with Crippen molar-refractivity contribution >= 4 is 16.2 Å². The van der Waals surface area contributed by atoms with E-state index in [1.165, 1.54) is 0 Å². The Hall–Kier alpha value is -1.50. The minimum absolute atomic E-state index is 0.418. The third-order valence-corrected chi connectivity index (χ3v) is 2.47. The maximum atomic E-state index is 12.7. The SMILES string of the molecule is COC(=O)c1ccc(F)cc1S(=O)(=O)F. The Labute approximate surface area is 84.7 Å². The molecule has 1 aromatic carbocycles. The molecular formula is C8H6F2O4S. The van der Waals surface area contributed by atoms with Crippen molar-refractivity contribution < 1.29 is 26.2 Å². The van der Waals surface area contributed by atoms with Gasteiger partial charge in [-0.2, -0.15) is 8.42 Å². The van der Waals surface area contributed by atoms with E-state index in [-0.39, 0.29) is 0 Å². The first-order valence-corrected chi connectivity index (χ1v) is 5.07. The van der Waals surface area contributed by atoms with Gasteiger partial charge in [0.2, 0.25) is 0 Å². The molecule has 0 atom stereocenters. The number of hydrogen-bond acceptors (Lipinski definition) is 4. The lowest BCUT2D eigenvalue weighted by atomic mass is 10.2. The van der Waals surface area contributed by atoms with Gasteiger partial charge in [-0.25, -0.2) is 9.18 Å². The summed E-state index contributed by atoms with van der Waals surface area (Å²) in [6.07, 6.45) is 0. The van der Waals surface area contributed by atoms with E-state index in [2.05, 4.69) is 4.74 Å². The molecule has 1 aromatic rings. The van der Waals surface area contributed by atoms with Gasteiger partial charge in [-0.3, -0.25) is 0 Å². The minimum Gasteiger partial charge on any atom is -0.465 e. The molecule has 0 aliphatic heterocycles. The Morgan fingerprint density at radius 1 is 1.40 bits per heavy atom. The van der Waals surface area contributed by atoms with Crippen molar-refractivity contribution in [3.63, 3.8) is 0 Å². The predicted octanol–water partition coefficient (Wildman–Crippen LogP) is 1.27. The van der Waals surface area contributed by atoms with Gasteiger partial charge in [0.15, 0.2) is 0 Å². The second-order valence-corrected chi connectivity index (χ2v) is 3.89. The lowest BCUT2D eigenvalue weighted by Crippen LogP contribution is -2.08. The van der Waals surface area contributed by atoms with Gasteiger partial charge in [-0.15, -0.1) is 3.89 Å². The van der Waals surface area contributed by atoms with Crippen LogP contribution >= 0.6 is 0 Å². The number of rotatable bonds is 2. The van der Waals surface area contributed by atoms with Crippen molar-refractivity contribution in [1.82, 2.24) is 0 Å². The molecule has 7 heteroatoms. The van der Waals surface area contributed by atoms with Crippen molar-refractivity contribution in [1.29, 1.82) is 0 Å². The maximum absolute atomic E-state index is 12.7. The monoisotopic (exact) mass is 236 g/mol. The van der Waals surface area contributed by atoms with E-state index in [9.17, 15) is 21.5 Å². The summed E-state index contributed by atoms with van der Waals surface area (Å²) in [7, 11) is -4.15. The Morgan fingerprint density at radius 2 is 2.00 bits per heavy atom. The van der Waals surface area contributed by atoms with Gasteiger partial charge < -0.3 is 4.74 Å². The molecule has 4 nitrogen and oxygen atoms in total. The smallest absolute Gasteiger partial charge is 0.339 e. The molecule has 0 saturated carbocycles. The maximum Gasteiger partial charge on any atom is 0.339 e. The number of carbonyl (C=O) groups excluding carboxylic acids is 1. The molecule has 0 aliphatic rings. The van der Waals surface area contributed by atoms with Crippen LogP contribution in [-0.2, 0) is 15.0 Å². The van der Waals surface area contributed by atoms with E-state index in [1.807, 2.05) is 0 Å². The zero-order valence-corrected chi connectivity index (χ0v) is 8.35. The van der Waals surface area contributed by atoms with Crippen LogP contribution in [0.4, 0.5) is 8.28 Å². The summed E-state index contributed by atoms with van der Waals surface area (Å²) in [5, 5.41) is 0. The number of ether oxygens (including phenoxy) is 1. The van der Waals surface area contributed by atoms with Gasteiger partial charge in [0.05, 0.1) is 12.7 Å². The summed E-state index contributed by atoms with van der Waals surface area (Å²) in [5.74, 6) is -2.01. The first kappa shape index (κ1) is 11.6.